The molecule has 0 aromatic heterocycles. The van der Waals surface area contributed by atoms with Gasteiger partial charge in [-0.05, 0) is 25.8 Å². The van der Waals surface area contributed by atoms with E-state index in [0.717, 1.165) is 24.8 Å². The van der Waals surface area contributed by atoms with E-state index in [4.69, 9.17) is 4.18 Å². The maximum Gasteiger partial charge on any atom is 0.272 e. The number of hydrogen-bond acceptors (Lipinski definition) is 3. The Morgan fingerprint density at radius 2 is 1.78 bits per heavy atom. The van der Waals surface area contributed by atoms with Crippen LogP contribution in [0, 0.1) is 0 Å². The summed E-state index contributed by atoms with van der Waals surface area (Å²) in [5, 5.41) is 0. The second-order valence-corrected chi connectivity index (χ2v) is 6.70. The molecule has 0 saturated carbocycles. The van der Waals surface area contributed by atoms with Gasteiger partial charge in [0.05, 0.1) is 5.60 Å². The molecule has 102 valence electrons. The highest BCUT2D eigenvalue weighted by molar-refractivity contribution is 7.85. The fraction of sp³-hybridized carbons (Fsp3) is 0.571. The lowest BCUT2D eigenvalue weighted by Crippen LogP contribution is -2.28. The van der Waals surface area contributed by atoms with Gasteiger partial charge < -0.3 is 0 Å². The van der Waals surface area contributed by atoms with E-state index in [1.54, 1.807) is 12.1 Å². The van der Waals surface area contributed by atoms with Gasteiger partial charge in [-0.2, -0.15) is 8.42 Å². The Labute approximate surface area is 110 Å². The van der Waals surface area contributed by atoms with E-state index in [0.29, 0.717) is 0 Å². The quantitative estimate of drug-likeness (QED) is 0.712. The minimum atomic E-state index is -3.52. The molecule has 18 heavy (non-hydrogen) atoms. The molecule has 0 heterocycles. The molecule has 1 aromatic rings. The van der Waals surface area contributed by atoms with Crippen LogP contribution < -0.4 is 0 Å². The van der Waals surface area contributed by atoms with Crippen LogP contribution >= 0.6 is 0 Å². The molecule has 0 N–H and O–H groups in total. The highest BCUT2D eigenvalue weighted by atomic mass is 32.2. The molecule has 0 aliphatic heterocycles. The maximum atomic E-state index is 12.0. The van der Waals surface area contributed by atoms with E-state index in [2.05, 4.69) is 6.92 Å². The molecular formula is C14H22O3S. The van der Waals surface area contributed by atoms with Gasteiger partial charge in [0.1, 0.15) is 5.75 Å². The van der Waals surface area contributed by atoms with Crippen LogP contribution in [0.15, 0.2) is 30.3 Å². The average molecular weight is 270 g/mol. The van der Waals surface area contributed by atoms with Crippen LogP contribution in [0.5, 0.6) is 0 Å². The number of unbranched alkanes of at least 4 members (excludes halogenated alkanes) is 1. The van der Waals surface area contributed by atoms with Gasteiger partial charge in [-0.1, -0.05) is 50.1 Å². The van der Waals surface area contributed by atoms with Gasteiger partial charge >= 0.3 is 0 Å². The topological polar surface area (TPSA) is 43.4 Å². The molecule has 3 nitrogen and oxygen atoms in total. The number of hydrogen-bond donors (Lipinski definition) is 0. The van der Waals surface area contributed by atoms with Crippen LogP contribution in [0.2, 0.25) is 0 Å². The molecule has 0 spiro atoms. The van der Waals surface area contributed by atoms with Crippen LogP contribution in [-0.2, 0) is 20.1 Å². The van der Waals surface area contributed by atoms with Crippen LogP contribution in [0.1, 0.15) is 45.6 Å². The molecule has 1 aromatic carbocycles. The molecule has 1 rings (SSSR count). The van der Waals surface area contributed by atoms with Crippen molar-refractivity contribution >= 4 is 10.1 Å². The van der Waals surface area contributed by atoms with Gasteiger partial charge in [0, 0.05) is 0 Å². The van der Waals surface area contributed by atoms with Crippen molar-refractivity contribution in [2.75, 3.05) is 0 Å². The summed E-state index contributed by atoms with van der Waals surface area (Å²) in [5.74, 6) is -0.0661. The van der Waals surface area contributed by atoms with E-state index < -0.39 is 15.7 Å². The predicted octanol–water partition coefficient (Wildman–Crippen LogP) is 3.50. The smallest absolute Gasteiger partial charge is 0.264 e. The Morgan fingerprint density at radius 3 is 2.33 bits per heavy atom. The molecule has 0 amide bonds. The molecule has 0 saturated heterocycles. The van der Waals surface area contributed by atoms with Crippen molar-refractivity contribution in [1.82, 2.24) is 0 Å². The van der Waals surface area contributed by atoms with Crippen LogP contribution in [0.25, 0.3) is 0 Å². The summed E-state index contributed by atoms with van der Waals surface area (Å²) >= 11 is 0. The van der Waals surface area contributed by atoms with E-state index in [1.807, 2.05) is 32.0 Å². The van der Waals surface area contributed by atoms with Crippen molar-refractivity contribution in [2.24, 2.45) is 0 Å². The van der Waals surface area contributed by atoms with Crippen molar-refractivity contribution in [3.8, 4) is 0 Å². The fourth-order valence-corrected chi connectivity index (χ4v) is 3.23. The van der Waals surface area contributed by atoms with E-state index in [1.165, 1.54) is 0 Å². The van der Waals surface area contributed by atoms with E-state index in [9.17, 15) is 8.42 Å². The summed E-state index contributed by atoms with van der Waals surface area (Å²) in [6.07, 6.45) is 2.75. The monoisotopic (exact) mass is 270 g/mol. The molecule has 4 heteroatoms. The van der Waals surface area contributed by atoms with Crippen molar-refractivity contribution in [1.29, 1.82) is 0 Å². The predicted molar refractivity (Wildman–Crippen MR) is 73.8 cm³/mol. The molecule has 0 bridgehead atoms. The van der Waals surface area contributed by atoms with Crippen molar-refractivity contribution in [2.45, 2.75) is 51.4 Å². The minimum Gasteiger partial charge on any atom is -0.264 e. The summed E-state index contributed by atoms with van der Waals surface area (Å²) in [4.78, 5) is 0. The van der Waals surface area contributed by atoms with Gasteiger partial charge in [0.25, 0.3) is 10.1 Å². The Hall–Kier alpha value is -0.870. The molecule has 0 unspecified atom stereocenters. The second kappa shape index (κ2) is 6.34. The number of benzene rings is 1. The van der Waals surface area contributed by atoms with Gasteiger partial charge in [-0.3, -0.25) is 4.18 Å². The molecule has 0 aliphatic rings. The average Bonchev–Trinajstić information content (AvgIpc) is 2.25. The first-order chi connectivity index (χ1) is 8.35. The molecule has 0 radical (unpaired) electrons. The third-order valence-corrected chi connectivity index (χ3v) is 4.06. The maximum absolute atomic E-state index is 12.0. The summed E-state index contributed by atoms with van der Waals surface area (Å²) in [6, 6.07) is 9.10. The molecule has 0 aliphatic carbocycles. The summed E-state index contributed by atoms with van der Waals surface area (Å²) in [7, 11) is -3.52. The SMILES string of the molecule is CCCCC(C)(C)OS(=O)(=O)Cc1ccccc1. The first kappa shape index (κ1) is 15.2. The highest BCUT2D eigenvalue weighted by Gasteiger charge is 2.26. The Balaban J connectivity index is 2.65. The Bertz CT molecular complexity index is 449. The third-order valence-electron chi connectivity index (χ3n) is 2.67. The zero-order valence-corrected chi connectivity index (χ0v) is 12.2. The van der Waals surface area contributed by atoms with E-state index >= 15 is 0 Å². The zero-order chi connectivity index (χ0) is 13.6. The van der Waals surface area contributed by atoms with Gasteiger partial charge in [0.15, 0.2) is 0 Å². The first-order valence-electron chi connectivity index (χ1n) is 6.32. The summed E-state index contributed by atoms with van der Waals surface area (Å²) < 4.78 is 29.2. The molecule has 0 fully saturated rings. The summed E-state index contributed by atoms with van der Waals surface area (Å²) in [5.41, 5.74) is 0.132. The van der Waals surface area contributed by atoms with Crippen LogP contribution in [0.4, 0.5) is 0 Å². The normalized spacial score (nSPS) is 12.6. The molecular weight excluding hydrogens is 248 g/mol. The van der Waals surface area contributed by atoms with Gasteiger partial charge in [0.2, 0.25) is 0 Å². The largest absolute Gasteiger partial charge is 0.272 e. The third kappa shape index (κ3) is 5.65. The van der Waals surface area contributed by atoms with Gasteiger partial charge in [-0.15, -0.1) is 0 Å². The Morgan fingerprint density at radius 1 is 1.17 bits per heavy atom. The van der Waals surface area contributed by atoms with Crippen molar-refractivity contribution in [3.63, 3.8) is 0 Å². The van der Waals surface area contributed by atoms with Gasteiger partial charge in [-0.25, -0.2) is 0 Å². The lowest BCUT2D eigenvalue weighted by Gasteiger charge is -2.24. The van der Waals surface area contributed by atoms with Crippen molar-refractivity contribution < 1.29 is 12.6 Å². The number of rotatable bonds is 7. The lowest BCUT2D eigenvalue weighted by molar-refractivity contribution is 0.105. The lowest BCUT2D eigenvalue weighted by atomic mass is 10.0. The first-order valence-corrected chi connectivity index (χ1v) is 7.90. The minimum absolute atomic E-state index is 0.0661. The second-order valence-electron chi connectivity index (χ2n) is 5.13. The fourth-order valence-electron chi connectivity index (χ4n) is 1.80. The zero-order valence-electron chi connectivity index (χ0n) is 11.3. The standard InChI is InChI=1S/C14H22O3S/c1-4-5-11-14(2,3)17-18(15,16)12-13-9-7-6-8-10-13/h6-10H,4-5,11-12H2,1-3H3. The van der Waals surface area contributed by atoms with E-state index in [-0.39, 0.29) is 5.75 Å². The Kier molecular flexibility index (Phi) is 5.35. The molecule has 0 atom stereocenters. The highest BCUT2D eigenvalue weighted by Crippen LogP contribution is 2.22. The van der Waals surface area contributed by atoms with Crippen molar-refractivity contribution in [3.05, 3.63) is 35.9 Å². The van der Waals surface area contributed by atoms with Crippen LogP contribution in [-0.4, -0.2) is 14.0 Å². The summed E-state index contributed by atoms with van der Waals surface area (Å²) in [6.45, 7) is 5.73. The van der Waals surface area contributed by atoms with Crippen LogP contribution in [0.3, 0.4) is 0 Å².